The standard InChI is InChI=1S/C21H24N4O2/c1-13-5-4-8-17-18(13)23-20(22-17)14-9-11-25(12-10-14)21(26)19-15-6-2-3-7-16(15)24-27-19/h4-5,8,14H,2-3,6-7,9-12H2,1H3,(H,22,23). The molecule has 27 heavy (non-hydrogen) atoms. The fraction of sp³-hybridized carbons (Fsp3) is 0.476. The van der Waals surface area contributed by atoms with E-state index in [1.807, 2.05) is 4.90 Å². The molecular weight excluding hydrogens is 340 g/mol. The normalized spacial score (nSPS) is 18.0. The molecule has 140 valence electrons. The number of likely N-dealkylation sites (tertiary alicyclic amines) is 1. The van der Waals surface area contributed by atoms with Gasteiger partial charge in [-0.05, 0) is 57.1 Å². The molecule has 0 atom stereocenters. The van der Waals surface area contributed by atoms with Gasteiger partial charge >= 0.3 is 0 Å². The maximum atomic E-state index is 12.9. The molecule has 2 aromatic heterocycles. The highest BCUT2D eigenvalue weighted by Crippen LogP contribution is 2.30. The van der Waals surface area contributed by atoms with Gasteiger partial charge in [0, 0.05) is 24.6 Å². The average molecular weight is 364 g/mol. The average Bonchev–Trinajstić information content (AvgIpc) is 3.33. The Labute approximate surface area is 157 Å². The smallest absolute Gasteiger partial charge is 0.292 e. The molecule has 1 saturated heterocycles. The van der Waals surface area contributed by atoms with Crippen LogP contribution in [0.15, 0.2) is 22.7 Å². The lowest BCUT2D eigenvalue weighted by Gasteiger charge is -2.30. The lowest BCUT2D eigenvalue weighted by atomic mass is 9.94. The van der Waals surface area contributed by atoms with Crippen molar-refractivity contribution in [2.45, 2.75) is 51.4 Å². The lowest BCUT2D eigenvalue weighted by molar-refractivity contribution is 0.0667. The van der Waals surface area contributed by atoms with Gasteiger partial charge in [-0.25, -0.2) is 4.98 Å². The number of amides is 1. The number of carbonyl (C=O) groups is 1. The number of H-pyrrole nitrogens is 1. The molecular formula is C21H24N4O2. The Morgan fingerprint density at radius 1 is 1.22 bits per heavy atom. The number of hydrogen-bond donors (Lipinski definition) is 1. The zero-order chi connectivity index (χ0) is 18.4. The summed E-state index contributed by atoms with van der Waals surface area (Å²) < 4.78 is 5.44. The highest BCUT2D eigenvalue weighted by Gasteiger charge is 2.31. The summed E-state index contributed by atoms with van der Waals surface area (Å²) in [6.45, 7) is 3.55. The van der Waals surface area contributed by atoms with Crippen LogP contribution in [0.25, 0.3) is 11.0 Å². The van der Waals surface area contributed by atoms with Crippen LogP contribution in [0.1, 0.15) is 64.8 Å². The van der Waals surface area contributed by atoms with Gasteiger partial charge in [-0.3, -0.25) is 4.79 Å². The second-order valence-corrected chi connectivity index (χ2v) is 7.80. The van der Waals surface area contributed by atoms with Crippen LogP contribution in [0.4, 0.5) is 0 Å². The number of carbonyl (C=O) groups excluding carboxylic acids is 1. The minimum Gasteiger partial charge on any atom is -0.350 e. The number of rotatable bonds is 2. The summed E-state index contributed by atoms with van der Waals surface area (Å²) in [6, 6.07) is 6.22. The fourth-order valence-electron chi connectivity index (χ4n) is 4.45. The molecule has 0 unspecified atom stereocenters. The second-order valence-electron chi connectivity index (χ2n) is 7.80. The van der Waals surface area contributed by atoms with Gasteiger partial charge in [0.05, 0.1) is 16.7 Å². The van der Waals surface area contributed by atoms with E-state index in [9.17, 15) is 4.79 Å². The van der Waals surface area contributed by atoms with Crippen molar-refractivity contribution in [1.29, 1.82) is 0 Å². The number of nitrogens with zero attached hydrogens (tertiary/aromatic N) is 3. The third-order valence-electron chi connectivity index (χ3n) is 6.06. The third kappa shape index (κ3) is 2.83. The van der Waals surface area contributed by atoms with Gasteiger partial charge in [0.2, 0.25) is 5.76 Å². The minimum absolute atomic E-state index is 0.00421. The number of aromatic amines is 1. The Hall–Kier alpha value is -2.63. The van der Waals surface area contributed by atoms with Crippen molar-refractivity contribution in [2.24, 2.45) is 0 Å². The van der Waals surface area contributed by atoms with Crippen molar-refractivity contribution in [3.05, 3.63) is 46.6 Å². The Balaban J connectivity index is 1.30. The SMILES string of the molecule is Cc1cccc2[nH]c(C3CCN(C(=O)c4onc5c4CCCC5)CC3)nc12. The Morgan fingerprint density at radius 3 is 2.85 bits per heavy atom. The van der Waals surface area contributed by atoms with Crippen molar-refractivity contribution in [3.63, 3.8) is 0 Å². The van der Waals surface area contributed by atoms with E-state index < -0.39 is 0 Å². The van der Waals surface area contributed by atoms with Crippen LogP contribution in [0.5, 0.6) is 0 Å². The van der Waals surface area contributed by atoms with Crippen LogP contribution in [-0.4, -0.2) is 39.0 Å². The monoisotopic (exact) mass is 364 g/mol. The molecule has 1 aliphatic carbocycles. The molecule has 2 aliphatic rings. The Morgan fingerprint density at radius 2 is 2.04 bits per heavy atom. The van der Waals surface area contributed by atoms with E-state index in [1.54, 1.807) is 0 Å². The van der Waals surface area contributed by atoms with Gasteiger partial charge in [0.25, 0.3) is 5.91 Å². The molecule has 6 heteroatoms. The molecule has 1 fully saturated rings. The first-order chi connectivity index (χ1) is 13.2. The van der Waals surface area contributed by atoms with Gasteiger partial charge in [-0.2, -0.15) is 0 Å². The minimum atomic E-state index is 0.00421. The summed E-state index contributed by atoms with van der Waals surface area (Å²) in [4.78, 5) is 23.1. The number of imidazole rings is 1. The predicted molar refractivity (Wildman–Crippen MR) is 102 cm³/mol. The molecule has 0 saturated carbocycles. The van der Waals surface area contributed by atoms with Gasteiger partial charge in [0.1, 0.15) is 5.82 Å². The van der Waals surface area contributed by atoms with Crippen LogP contribution < -0.4 is 0 Å². The van der Waals surface area contributed by atoms with Gasteiger partial charge < -0.3 is 14.4 Å². The molecule has 3 heterocycles. The fourth-order valence-corrected chi connectivity index (χ4v) is 4.45. The van der Waals surface area contributed by atoms with Crippen molar-refractivity contribution in [3.8, 4) is 0 Å². The predicted octanol–water partition coefficient (Wildman–Crippen LogP) is 3.76. The summed E-state index contributed by atoms with van der Waals surface area (Å²) in [5.74, 6) is 1.89. The molecule has 1 N–H and O–H groups in total. The molecule has 5 rings (SSSR count). The first kappa shape index (κ1) is 16.5. The van der Waals surface area contributed by atoms with E-state index in [1.165, 1.54) is 5.56 Å². The van der Waals surface area contributed by atoms with Crippen LogP contribution in [-0.2, 0) is 12.8 Å². The number of nitrogens with one attached hydrogen (secondary N) is 1. The van der Waals surface area contributed by atoms with Crippen LogP contribution in [0, 0.1) is 6.92 Å². The number of aryl methyl sites for hydroxylation is 2. The molecule has 3 aromatic rings. The van der Waals surface area contributed by atoms with Crippen molar-refractivity contribution in [2.75, 3.05) is 13.1 Å². The number of benzene rings is 1. The summed E-state index contributed by atoms with van der Waals surface area (Å²) >= 11 is 0. The van der Waals surface area contributed by atoms with E-state index in [0.29, 0.717) is 11.7 Å². The zero-order valence-corrected chi connectivity index (χ0v) is 15.6. The summed E-state index contributed by atoms with van der Waals surface area (Å²) in [5, 5.41) is 4.13. The molecule has 1 aliphatic heterocycles. The van der Waals surface area contributed by atoms with Crippen LogP contribution in [0.2, 0.25) is 0 Å². The van der Waals surface area contributed by atoms with Crippen LogP contribution >= 0.6 is 0 Å². The van der Waals surface area contributed by atoms with Crippen LogP contribution in [0.3, 0.4) is 0 Å². The molecule has 1 amide bonds. The molecule has 1 aromatic carbocycles. The Kier molecular flexibility index (Phi) is 3.99. The van der Waals surface area contributed by atoms with E-state index in [-0.39, 0.29) is 5.91 Å². The Bertz CT molecular complexity index is 995. The molecule has 0 radical (unpaired) electrons. The van der Waals surface area contributed by atoms with Gasteiger partial charge in [0.15, 0.2) is 0 Å². The zero-order valence-electron chi connectivity index (χ0n) is 15.6. The van der Waals surface area contributed by atoms with Gasteiger partial charge in [-0.15, -0.1) is 0 Å². The maximum Gasteiger partial charge on any atom is 0.292 e. The summed E-state index contributed by atoms with van der Waals surface area (Å²) in [5.41, 5.74) is 5.37. The lowest BCUT2D eigenvalue weighted by Crippen LogP contribution is -2.38. The first-order valence-electron chi connectivity index (χ1n) is 9.92. The third-order valence-corrected chi connectivity index (χ3v) is 6.06. The number of aromatic nitrogens is 3. The van der Waals surface area contributed by atoms with E-state index in [4.69, 9.17) is 9.51 Å². The van der Waals surface area contributed by atoms with E-state index in [0.717, 1.165) is 79.7 Å². The first-order valence-corrected chi connectivity index (χ1v) is 9.92. The van der Waals surface area contributed by atoms with Crippen molar-refractivity contribution in [1.82, 2.24) is 20.0 Å². The topological polar surface area (TPSA) is 75.0 Å². The van der Waals surface area contributed by atoms with E-state index >= 15 is 0 Å². The number of para-hydroxylation sites is 1. The number of fused-ring (bicyclic) bond motifs is 2. The molecule has 0 bridgehead atoms. The summed E-state index contributed by atoms with van der Waals surface area (Å²) in [7, 11) is 0. The molecule has 6 nitrogen and oxygen atoms in total. The number of hydrogen-bond acceptors (Lipinski definition) is 4. The highest BCUT2D eigenvalue weighted by atomic mass is 16.5. The maximum absolute atomic E-state index is 12.9. The van der Waals surface area contributed by atoms with Crippen molar-refractivity contribution < 1.29 is 9.32 Å². The largest absolute Gasteiger partial charge is 0.350 e. The second kappa shape index (κ2) is 6.51. The van der Waals surface area contributed by atoms with Crippen molar-refractivity contribution >= 4 is 16.9 Å². The summed E-state index contributed by atoms with van der Waals surface area (Å²) in [6.07, 6.45) is 5.92. The number of piperidine rings is 1. The molecule has 0 spiro atoms. The van der Waals surface area contributed by atoms with E-state index in [2.05, 4.69) is 35.3 Å². The van der Waals surface area contributed by atoms with Gasteiger partial charge in [-0.1, -0.05) is 17.3 Å². The quantitative estimate of drug-likeness (QED) is 0.751. The highest BCUT2D eigenvalue weighted by molar-refractivity contribution is 5.93.